The van der Waals surface area contributed by atoms with Crippen LogP contribution in [0.15, 0.2) is 53.4 Å². The van der Waals surface area contributed by atoms with Gasteiger partial charge in [-0.1, -0.05) is 12.1 Å². The number of likely N-dealkylation sites (N-methyl/N-ethyl adjacent to an activating group) is 1. The van der Waals surface area contributed by atoms with Crippen LogP contribution in [0.3, 0.4) is 0 Å². The number of carbonyl (C=O) groups is 3. The third kappa shape index (κ3) is 5.98. The van der Waals surface area contributed by atoms with E-state index in [1.165, 1.54) is 43.6 Å². The number of rotatable bonds is 7. The number of nitrogens with zero attached hydrogens (tertiary/aromatic N) is 1. The Morgan fingerprint density at radius 1 is 1.11 bits per heavy atom. The predicted molar refractivity (Wildman–Crippen MR) is 102 cm³/mol. The maximum Gasteiger partial charge on any atom is 0.339 e. The molecule has 0 saturated heterocycles. The van der Waals surface area contributed by atoms with E-state index in [0.717, 1.165) is 4.90 Å². The first-order valence-electron chi connectivity index (χ1n) is 8.17. The van der Waals surface area contributed by atoms with Gasteiger partial charge in [0.1, 0.15) is 5.82 Å². The summed E-state index contributed by atoms with van der Waals surface area (Å²) in [6.07, 6.45) is 1.44. The molecule has 0 aliphatic heterocycles. The third-order valence-electron chi connectivity index (χ3n) is 3.68. The topological polar surface area (TPSA) is 92.8 Å². The zero-order valence-electron chi connectivity index (χ0n) is 15.3. The Labute approximate surface area is 163 Å². The molecule has 2 aromatic carbocycles. The number of ether oxygens (including phenoxy) is 1. The summed E-state index contributed by atoms with van der Waals surface area (Å²) in [6.45, 7) is -0.840. The fourth-order valence-electron chi connectivity index (χ4n) is 2.24. The smallest absolute Gasteiger partial charge is 0.339 e. The van der Waals surface area contributed by atoms with E-state index in [-0.39, 0.29) is 12.1 Å². The van der Waals surface area contributed by atoms with Crippen molar-refractivity contribution in [1.29, 1.82) is 0 Å². The molecule has 148 valence electrons. The lowest BCUT2D eigenvalue weighted by Crippen LogP contribution is -2.37. The molecule has 0 heterocycles. The maximum atomic E-state index is 12.9. The lowest BCUT2D eigenvalue weighted by Gasteiger charge is -2.17. The summed E-state index contributed by atoms with van der Waals surface area (Å²) in [7, 11) is -0.00121. The molecule has 28 heavy (non-hydrogen) atoms. The lowest BCUT2D eigenvalue weighted by molar-refractivity contribution is -0.136. The van der Waals surface area contributed by atoms with Gasteiger partial charge < -0.3 is 15.0 Å². The van der Waals surface area contributed by atoms with Gasteiger partial charge >= 0.3 is 5.97 Å². The van der Waals surface area contributed by atoms with Crippen molar-refractivity contribution in [1.82, 2.24) is 4.90 Å². The van der Waals surface area contributed by atoms with Crippen LogP contribution in [0, 0.1) is 5.82 Å². The monoisotopic (exact) mass is 406 g/mol. The number of carbonyl (C=O) groups excluding carboxylic acids is 3. The van der Waals surface area contributed by atoms with Crippen LogP contribution in [0.4, 0.5) is 10.1 Å². The van der Waals surface area contributed by atoms with Gasteiger partial charge in [0.25, 0.3) is 5.91 Å². The van der Waals surface area contributed by atoms with Crippen molar-refractivity contribution in [3.63, 3.8) is 0 Å². The number of benzene rings is 2. The Kier molecular flexibility index (Phi) is 7.39. The number of hydrogen-bond donors (Lipinski definition) is 1. The first kappa shape index (κ1) is 21.2. The van der Waals surface area contributed by atoms with Crippen LogP contribution in [-0.4, -0.2) is 53.3 Å². The number of anilines is 1. The molecule has 0 radical (unpaired) electrons. The second kappa shape index (κ2) is 9.75. The molecule has 2 aromatic rings. The largest absolute Gasteiger partial charge is 0.452 e. The second-order valence-electron chi connectivity index (χ2n) is 5.83. The Morgan fingerprint density at radius 3 is 2.39 bits per heavy atom. The van der Waals surface area contributed by atoms with Crippen molar-refractivity contribution >= 4 is 34.3 Å². The van der Waals surface area contributed by atoms with Crippen LogP contribution >= 0.6 is 0 Å². The van der Waals surface area contributed by atoms with E-state index in [1.807, 2.05) is 0 Å². The van der Waals surface area contributed by atoms with Crippen LogP contribution in [0.2, 0.25) is 0 Å². The molecule has 7 nitrogen and oxygen atoms in total. The molecule has 2 rings (SSSR count). The Hall–Kier alpha value is -3.07. The Balaban J connectivity index is 1.87. The highest BCUT2D eigenvalue weighted by atomic mass is 32.2. The van der Waals surface area contributed by atoms with Crippen molar-refractivity contribution < 1.29 is 27.7 Å². The van der Waals surface area contributed by atoms with Crippen molar-refractivity contribution in [3.8, 4) is 0 Å². The van der Waals surface area contributed by atoms with Gasteiger partial charge in [0, 0.05) is 19.0 Å². The molecule has 1 N–H and O–H groups in total. The minimum absolute atomic E-state index is 0.118. The lowest BCUT2D eigenvalue weighted by atomic mass is 10.2. The van der Waals surface area contributed by atoms with Crippen LogP contribution in [-0.2, 0) is 25.1 Å². The normalized spacial score (nSPS) is 11.4. The van der Waals surface area contributed by atoms with E-state index in [2.05, 4.69) is 5.32 Å². The van der Waals surface area contributed by atoms with E-state index >= 15 is 0 Å². The van der Waals surface area contributed by atoms with Crippen LogP contribution < -0.4 is 5.32 Å². The molecular formula is C19H19FN2O5S. The van der Waals surface area contributed by atoms with Crippen molar-refractivity contribution in [2.75, 3.05) is 31.8 Å². The standard InChI is InChI=1S/C19H19FN2O5S/c1-22(11-17(23)21-14-9-7-13(20)8-10-14)18(24)12-27-19(25)15-5-3-4-6-16(15)28(2)26/h3-10H,11-12H2,1-2H3,(H,21,23)/t28-/m0/s1. The summed E-state index contributed by atoms with van der Waals surface area (Å²) in [4.78, 5) is 37.6. The molecule has 0 aliphatic carbocycles. The average Bonchev–Trinajstić information content (AvgIpc) is 2.67. The minimum atomic E-state index is -1.39. The minimum Gasteiger partial charge on any atom is -0.452 e. The van der Waals surface area contributed by atoms with Gasteiger partial charge in [-0.2, -0.15) is 0 Å². The highest BCUT2D eigenvalue weighted by Gasteiger charge is 2.18. The second-order valence-corrected chi connectivity index (χ2v) is 7.18. The summed E-state index contributed by atoms with van der Waals surface area (Å²) < 4.78 is 29.5. The van der Waals surface area contributed by atoms with Gasteiger partial charge in [0.15, 0.2) is 6.61 Å². The summed E-state index contributed by atoms with van der Waals surface area (Å²) in [5.41, 5.74) is 0.510. The fourth-order valence-corrected chi connectivity index (χ4v) is 2.97. The van der Waals surface area contributed by atoms with Crippen molar-refractivity contribution in [2.24, 2.45) is 0 Å². The van der Waals surface area contributed by atoms with Gasteiger partial charge in [-0.05, 0) is 36.4 Å². The van der Waals surface area contributed by atoms with E-state index in [4.69, 9.17) is 4.74 Å². The third-order valence-corrected chi connectivity index (χ3v) is 4.65. The van der Waals surface area contributed by atoms with E-state index in [9.17, 15) is 23.0 Å². The van der Waals surface area contributed by atoms with Gasteiger partial charge in [-0.25, -0.2) is 9.18 Å². The first-order valence-corrected chi connectivity index (χ1v) is 9.72. The number of halogens is 1. The highest BCUT2D eigenvalue weighted by Crippen LogP contribution is 2.14. The first-order chi connectivity index (χ1) is 13.3. The highest BCUT2D eigenvalue weighted by molar-refractivity contribution is 7.84. The van der Waals surface area contributed by atoms with Gasteiger partial charge in [0.05, 0.1) is 27.8 Å². The van der Waals surface area contributed by atoms with E-state index < -0.39 is 41.0 Å². The molecule has 0 saturated carbocycles. The number of esters is 1. The summed E-state index contributed by atoms with van der Waals surface area (Å²) in [6, 6.07) is 11.4. The van der Waals surface area contributed by atoms with Gasteiger partial charge in [-0.3, -0.25) is 13.8 Å². The summed E-state index contributed by atoms with van der Waals surface area (Å²) >= 11 is 0. The van der Waals surface area contributed by atoms with Gasteiger partial charge in [0.2, 0.25) is 5.91 Å². The molecule has 1 atom stereocenters. The zero-order chi connectivity index (χ0) is 20.7. The van der Waals surface area contributed by atoms with E-state index in [1.54, 1.807) is 18.2 Å². The number of amides is 2. The van der Waals surface area contributed by atoms with Crippen LogP contribution in [0.5, 0.6) is 0 Å². The molecule has 0 aromatic heterocycles. The molecule has 0 aliphatic rings. The van der Waals surface area contributed by atoms with Crippen molar-refractivity contribution in [2.45, 2.75) is 4.90 Å². The predicted octanol–water partition coefficient (Wildman–Crippen LogP) is 1.82. The Bertz CT molecular complexity index is 901. The fraction of sp³-hybridized carbons (Fsp3) is 0.211. The quantitative estimate of drug-likeness (QED) is 0.708. The van der Waals surface area contributed by atoms with Crippen LogP contribution in [0.1, 0.15) is 10.4 Å². The zero-order valence-corrected chi connectivity index (χ0v) is 16.1. The molecule has 2 amide bonds. The molecule has 9 heteroatoms. The van der Waals surface area contributed by atoms with Crippen LogP contribution in [0.25, 0.3) is 0 Å². The molecule has 0 unspecified atom stereocenters. The van der Waals surface area contributed by atoms with Gasteiger partial charge in [-0.15, -0.1) is 0 Å². The summed E-state index contributed by atoms with van der Waals surface area (Å²) in [5.74, 6) is -2.28. The number of hydrogen-bond acceptors (Lipinski definition) is 5. The molecular weight excluding hydrogens is 387 g/mol. The summed E-state index contributed by atoms with van der Waals surface area (Å²) in [5, 5.41) is 2.52. The van der Waals surface area contributed by atoms with E-state index in [0.29, 0.717) is 10.6 Å². The SMILES string of the molecule is CN(CC(=O)Nc1ccc(F)cc1)C(=O)COC(=O)c1ccccc1[S@](C)=O. The Morgan fingerprint density at radius 2 is 1.75 bits per heavy atom. The molecule has 0 bridgehead atoms. The van der Waals surface area contributed by atoms with Crippen molar-refractivity contribution in [3.05, 3.63) is 59.9 Å². The average molecular weight is 406 g/mol. The molecule has 0 spiro atoms. The molecule has 0 fully saturated rings. The number of nitrogens with one attached hydrogen (secondary N) is 1. The maximum absolute atomic E-state index is 12.9.